The van der Waals surface area contributed by atoms with Crippen molar-refractivity contribution < 1.29 is 4.79 Å². The number of carbonyl (C=O) groups is 1. The first-order chi connectivity index (χ1) is 11.4. The van der Waals surface area contributed by atoms with Gasteiger partial charge in [0.1, 0.15) is 5.54 Å². The Bertz CT molecular complexity index is 600. The van der Waals surface area contributed by atoms with Crippen molar-refractivity contribution in [1.82, 2.24) is 4.90 Å². The first-order valence-electron chi connectivity index (χ1n) is 8.49. The molecule has 2 fully saturated rings. The van der Waals surface area contributed by atoms with Crippen LogP contribution in [0.4, 0.5) is 11.4 Å². The van der Waals surface area contributed by atoms with E-state index in [0.29, 0.717) is 28.6 Å². The molecule has 1 amide bonds. The van der Waals surface area contributed by atoms with Gasteiger partial charge in [0.25, 0.3) is 0 Å². The van der Waals surface area contributed by atoms with E-state index < -0.39 is 5.54 Å². The number of nitrogens with two attached hydrogens (primary N) is 2. The summed E-state index contributed by atoms with van der Waals surface area (Å²) in [6.45, 7) is 1.66. The number of likely N-dealkylation sites (tertiary alicyclic amines) is 1. The van der Waals surface area contributed by atoms with Crippen LogP contribution in [0.1, 0.15) is 38.5 Å². The summed E-state index contributed by atoms with van der Waals surface area (Å²) in [4.78, 5) is 15.2. The maximum Gasteiger partial charge on any atom is 0.248 e. The van der Waals surface area contributed by atoms with Gasteiger partial charge in [-0.2, -0.15) is 0 Å². The van der Waals surface area contributed by atoms with Gasteiger partial charge in [-0.05, 0) is 50.7 Å². The highest BCUT2D eigenvalue weighted by Crippen LogP contribution is 2.37. The van der Waals surface area contributed by atoms with Crippen molar-refractivity contribution >= 4 is 40.5 Å². The Kier molecular flexibility index (Phi) is 5.13. The molecule has 132 valence electrons. The van der Waals surface area contributed by atoms with E-state index in [4.69, 9.17) is 34.7 Å². The molecule has 0 unspecified atom stereocenters. The number of rotatable bonds is 3. The zero-order chi connectivity index (χ0) is 17.3. The Morgan fingerprint density at radius 2 is 1.71 bits per heavy atom. The average molecular weight is 371 g/mol. The van der Waals surface area contributed by atoms with Crippen LogP contribution in [0.15, 0.2) is 12.1 Å². The second-order valence-corrected chi connectivity index (χ2v) is 7.71. The molecule has 0 radical (unpaired) electrons. The third kappa shape index (κ3) is 3.44. The second-order valence-electron chi connectivity index (χ2n) is 6.90. The maximum atomic E-state index is 13.2. The molecule has 5 N–H and O–H groups in total. The predicted octanol–water partition coefficient (Wildman–Crippen LogP) is 3.25. The summed E-state index contributed by atoms with van der Waals surface area (Å²) in [7, 11) is 0. The molecule has 1 aromatic rings. The predicted molar refractivity (Wildman–Crippen MR) is 99.5 cm³/mol. The number of amides is 1. The van der Waals surface area contributed by atoms with Crippen LogP contribution < -0.4 is 16.8 Å². The molecule has 0 bridgehead atoms. The van der Waals surface area contributed by atoms with Crippen molar-refractivity contribution in [3.05, 3.63) is 22.2 Å². The molecule has 24 heavy (non-hydrogen) atoms. The minimum atomic E-state index is -0.636. The van der Waals surface area contributed by atoms with Crippen molar-refractivity contribution in [3.8, 4) is 0 Å². The topological polar surface area (TPSA) is 84.4 Å². The van der Waals surface area contributed by atoms with E-state index in [9.17, 15) is 4.79 Å². The number of nitrogen functional groups attached to an aromatic ring is 1. The zero-order valence-electron chi connectivity index (χ0n) is 13.7. The molecule has 0 aromatic heterocycles. The summed E-state index contributed by atoms with van der Waals surface area (Å²) < 4.78 is 0. The van der Waals surface area contributed by atoms with E-state index in [-0.39, 0.29) is 11.9 Å². The van der Waals surface area contributed by atoms with Gasteiger partial charge >= 0.3 is 0 Å². The fourth-order valence-electron chi connectivity index (χ4n) is 3.68. The highest BCUT2D eigenvalue weighted by atomic mass is 35.5. The van der Waals surface area contributed by atoms with E-state index >= 15 is 0 Å². The Labute approximate surface area is 152 Å². The fourth-order valence-corrected chi connectivity index (χ4v) is 4.17. The fraction of sp³-hybridized carbons (Fsp3) is 0.588. The molecular weight excluding hydrogens is 347 g/mol. The summed E-state index contributed by atoms with van der Waals surface area (Å²) in [6, 6.07) is 3.62. The van der Waals surface area contributed by atoms with Gasteiger partial charge in [-0.1, -0.05) is 23.2 Å². The lowest BCUT2D eigenvalue weighted by Crippen LogP contribution is -2.56. The van der Waals surface area contributed by atoms with Crippen molar-refractivity contribution in [2.45, 2.75) is 50.1 Å². The number of nitrogens with zero attached hydrogens (tertiary/aromatic N) is 1. The minimum absolute atomic E-state index is 0.157. The summed E-state index contributed by atoms with van der Waals surface area (Å²) in [5, 5.41) is 4.21. The Morgan fingerprint density at radius 1 is 1.17 bits per heavy atom. The number of carbonyl (C=O) groups excluding carboxylic acids is 1. The smallest absolute Gasteiger partial charge is 0.248 e. The van der Waals surface area contributed by atoms with Crippen molar-refractivity contribution in [2.24, 2.45) is 5.73 Å². The molecule has 1 saturated heterocycles. The van der Waals surface area contributed by atoms with Crippen molar-refractivity contribution in [3.63, 3.8) is 0 Å². The lowest BCUT2D eigenvalue weighted by molar-refractivity contribution is -0.136. The van der Waals surface area contributed by atoms with Gasteiger partial charge in [-0.3, -0.25) is 4.79 Å². The minimum Gasteiger partial charge on any atom is -0.396 e. The molecule has 5 nitrogen and oxygen atoms in total. The summed E-state index contributed by atoms with van der Waals surface area (Å²) in [5.41, 5.74) is 12.3. The normalized spacial score (nSPS) is 27.3. The van der Waals surface area contributed by atoms with Crippen LogP contribution in [0.3, 0.4) is 0 Å². The van der Waals surface area contributed by atoms with Gasteiger partial charge in [-0.15, -0.1) is 0 Å². The molecule has 1 aromatic carbocycles. The van der Waals surface area contributed by atoms with E-state index in [0.717, 1.165) is 44.5 Å². The van der Waals surface area contributed by atoms with Gasteiger partial charge in [0.15, 0.2) is 0 Å². The second kappa shape index (κ2) is 6.98. The monoisotopic (exact) mass is 370 g/mol. The molecule has 1 aliphatic carbocycles. The highest BCUT2D eigenvalue weighted by molar-refractivity contribution is 6.39. The van der Waals surface area contributed by atoms with E-state index in [2.05, 4.69) is 5.32 Å². The number of hydrogen-bond acceptors (Lipinski definition) is 4. The number of hydrogen-bond donors (Lipinski definition) is 3. The summed E-state index contributed by atoms with van der Waals surface area (Å²) in [5.74, 6) is 0.163. The van der Waals surface area contributed by atoms with E-state index in [1.54, 1.807) is 12.1 Å². The zero-order valence-corrected chi connectivity index (χ0v) is 15.2. The quantitative estimate of drug-likeness (QED) is 0.712. The first-order valence-corrected chi connectivity index (χ1v) is 9.24. The molecule has 1 heterocycles. The first kappa shape index (κ1) is 17.6. The van der Waals surface area contributed by atoms with Gasteiger partial charge in [-0.25, -0.2) is 0 Å². The largest absolute Gasteiger partial charge is 0.396 e. The molecule has 1 saturated carbocycles. The number of nitrogens with one attached hydrogen (secondary N) is 1. The molecular formula is C17H24Cl2N4O. The van der Waals surface area contributed by atoms with E-state index in [1.807, 2.05) is 4.90 Å². The number of benzene rings is 1. The molecule has 2 aliphatic rings. The Balaban J connectivity index is 1.89. The van der Waals surface area contributed by atoms with Crippen molar-refractivity contribution in [2.75, 3.05) is 24.1 Å². The van der Waals surface area contributed by atoms with Crippen LogP contribution in [0, 0.1) is 0 Å². The Hall–Kier alpha value is -1.17. The molecule has 7 heteroatoms. The molecule has 0 atom stereocenters. The van der Waals surface area contributed by atoms with Crippen LogP contribution in [0.5, 0.6) is 0 Å². The van der Waals surface area contributed by atoms with Crippen LogP contribution in [-0.2, 0) is 4.79 Å². The van der Waals surface area contributed by atoms with E-state index in [1.165, 1.54) is 0 Å². The Morgan fingerprint density at radius 3 is 2.25 bits per heavy atom. The standard InChI is InChI=1S/C17H24Cl2N4O/c18-13-9-12(10-14(19)15(13)21)22-17(5-3-11(20)4-6-17)16(24)23-7-1-2-8-23/h9-11,22H,1-8,20-21H2. The average Bonchev–Trinajstić information content (AvgIpc) is 3.08. The van der Waals surface area contributed by atoms with Gasteiger partial charge < -0.3 is 21.7 Å². The lowest BCUT2D eigenvalue weighted by atomic mass is 9.78. The van der Waals surface area contributed by atoms with Crippen LogP contribution >= 0.6 is 23.2 Å². The third-order valence-electron chi connectivity index (χ3n) is 5.15. The molecule has 3 rings (SSSR count). The SMILES string of the molecule is Nc1c(Cl)cc(NC2(C(=O)N3CCCC3)CCC(N)CC2)cc1Cl. The lowest BCUT2D eigenvalue weighted by Gasteiger charge is -2.41. The van der Waals surface area contributed by atoms with Gasteiger partial charge in [0.05, 0.1) is 15.7 Å². The van der Waals surface area contributed by atoms with Gasteiger partial charge in [0.2, 0.25) is 5.91 Å². The summed E-state index contributed by atoms with van der Waals surface area (Å²) >= 11 is 12.3. The van der Waals surface area contributed by atoms with Gasteiger partial charge in [0, 0.05) is 24.8 Å². The molecule has 0 spiro atoms. The van der Waals surface area contributed by atoms with Crippen LogP contribution in [0.25, 0.3) is 0 Å². The highest BCUT2D eigenvalue weighted by Gasteiger charge is 2.44. The maximum absolute atomic E-state index is 13.2. The third-order valence-corrected chi connectivity index (χ3v) is 5.77. The van der Waals surface area contributed by atoms with Crippen molar-refractivity contribution in [1.29, 1.82) is 0 Å². The number of halogens is 2. The summed E-state index contributed by atoms with van der Waals surface area (Å²) in [6.07, 6.45) is 5.21. The molecule has 1 aliphatic heterocycles. The van der Waals surface area contributed by atoms with Crippen LogP contribution in [0.2, 0.25) is 10.0 Å². The van der Waals surface area contributed by atoms with Crippen LogP contribution in [-0.4, -0.2) is 35.5 Å². The number of anilines is 2.